The van der Waals surface area contributed by atoms with E-state index in [1.807, 2.05) is 13.8 Å². The van der Waals surface area contributed by atoms with Gasteiger partial charge >= 0.3 is 12.5 Å². The van der Waals surface area contributed by atoms with Crippen molar-refractivity contribution in [1.82, 2.24) is 14.3 Å². The van der Waals surface area contributed by atoms with Crippen molar-refractivity contribution in [3.63, 3.8) is 0 Å². The molecule has 1 N–H and O–H groups in total. The SMILES string of the molecule is CC(=O)c1cc2c(cc1-c1cnn(C(F)F)c1)CC(C(C)C)n1cc(C(=O)O)c(=O)cc1-2. The van der Waals surface area contributed by atoms with Crippen LogP contribution in [0, 0.1) is 5.92 Å². The highest BCUT2D eigenvalue weighted by Crippen LogP contribution is 2.40. The fourth-order valence-corrected chi connectivity index (χ4v) is 4.25. The van der Waals surface area contributed by atoms with Crippen molar-refractivity contribution in [2.45, 2.75) is 39.8 Å². The lowest BCUT2D eigenvalue weighted by Gasteiger charge is -2.34. The number of hydrogen-bond donors (Lipinski definition) is 1. The summed E-state index contributed by atoms with van der Waals surface area (Å²) >= 11 is 0. The van der Waals surface area contributed by atoms with Crippen molar-refractivity contribution >= 4 is 11.8 Å². The maximum absolute atomic E-state index is 13.0. The van der Waals surface area contributed by atoms with Gasteiger partial charge in [-0.1, -0.05) is 13.8 Å². The average Bonchev–Trinajstić information content (AvgIpc) is 3.21. The molecule has 0 saturated carbocycles. The normalized spacial score (nSPS) is 15.0. The summed E-state index contributed by atoms with van der Waals surface area (Å²) in [6, 6.07) is 4.59. The van der Waals surface area contributed by atoms with E-state index in [0.717, 1.165) is 5.56 Å². The Kier molecular flexibility index (Phi) is 5.28. The number of aromatic carboxylic acids is 1. The molecule has 2 aromatic heterocycles. The second-order valence-corrected chi connectivity index (χ2v) is 8.26. The summed E-state index contributed by atoms with van der Waals surface area (Å²) in [6.45, 7) is 2.57. The van der Waals surface area contributed by atoms with Crippen molar-refractivity contribution in [2.75, 3.05) is 0 Å². The van der Waals surface area contributed by atoms with Crippen LogP contribution in [0.1, 0.15) is 59.6 Å². The number of benzene rings is 1. The molecule has 0 saturated heterocycles. The van der Waals surface area contributed by atoms with Gasteiger partial charge in [-0.2, -0.15) is 13.9 Å². The number of halogens is 2. The summed E-state index contributed by atoms with van der Waals surface area (Å²) < 4.78 is 28.4. The summed E-state index contributed by atoms with van der Waals surface area (Å²) in [4.78, 5) is 36.4. The van der Waals surface area contributed by atoms with E-state index in [-0.39, 0.29) is 23.3 Å². The maximum Gasteiger partial charge on any atom is 0.341 e. The molecule has 0 amide bonds. The Morgan fingerprint density at radius 2 is 1.84 bits per heavy atom. The topological polar surface area (TPSA) is 94.2 Å². The van der Waals surface area contributed by atoms with E-state index in [0.29, 0.717) is 39.1 Å². The molecule has 32 heavy (non-hydrogen) atoms. The van der Waals surface area contributed by atoms with Gasteiger partial charge in [0.15, 0.2) is 11.2 Å². The number of ketones is 1. The molecule has 7 nitrogen and oxygen atoms in total. The van der Waals surface area contributed by atoms with Crippen LogP contribution in [0.2, 0.25) is 0 Å². The number of Topliss-reactive ketones (excluding diaryl/α,β-unsaturated/α-hetero) is 1. The third-order valence-corrected chi connectivity index (χ3v) is 5.88. The highest BCUT2D eigenvalue weighted by Gasteiger charge is 2.29. The van der Waals surface area contributed by atoms with E-state index in [1.165, 1.54) is 31.6 Å². The van der Waals surface area contributed by atoms with Gasteiger partial charge in [-0.25, -0.2) is 9.48 Å². The summed E-state index contributed by atoms with van der Waals surface area (Å²) in [5, 5.41) is 13.1. The summed E-state index contributed by atoms with van der Waals surface area (Å²) in [7, 11) is 0. The Labute approximate surface area is 181 Å². The van der Waals surface area contributed by atoms with Crippen molar-refractivity contribution < 1.29 is 23.5 Å². The molecule has 1 aliphatic rings. The van der Waals surface area contributed by atoms with E-state index in [4.69, 9.17) is 0 Å². The van der Waals surface area contributed by atoms with Crippen molar-refractivity contribution in [3.05, 3.63) is 63.7 Å². The van der Waals surface area contributed by atoms with Gasteiger partial charge in [0.05, 0.1) is 11.9 Å². The Bertz CT molecular complexity index is 1310. The largest absolute Gasteiger partial charge is 0.477 e. The van der Waals surface area contributed by atoms with Gasteiger partial charge in [-0.3, -0.25) is 9.59 Å². The molecular formula is C23H21F2N3O4. The van der Waals surface area contributed by atoms with Gasteiger partial charge in [0, 0.05) is 41.2 Å². The molecule has 0 bridgehead atoms. The standard InChI is InChI=1S/C23H21F2N3O4/c1-11(2)19-5-13-4-16(14-8-26-28(9-14)23(24)25)15(12(3)29)6-17(13)20-7-21(30)18(22(31)32)10-27(19)20/h4,6-11,19,23H,5H2,1-3H3,(H,31,32). The molecule has 0 aliphatic carbocycles. The van der Waals surface area contributed by atoms with Gasteiger partial charge in [0.1, 0.15) is 5.56 Å². The minimum Gasteiger partial charge on any atom is -0.477 e. The number of hydrogen-bond acceptors (Lipinski definition) is 4. The molecule has 0 radical (unpaired) electrons. The molecule has 4 rings (SSSR count). The van der Waals surface area contributed by atoms with Crippen LogP contribution in [0.25, 0.3) is 22.4 Å². The average molecular weight is 441 g/mol. The van der Waals surface area contributed by atoms with Gasteiger partial charge in [0.2, 0.25) is 0 Å². The molecule has 1 atom stereocenters. The first-order valence-electron chi connectivity index (χ1n) is 10.1. The molecule has 0 spiro atoms. The Hall–Kier alpha value is -3.62. The first-order valence-corrected chi connectivity index (χ1v) is 10.1. The zero-order chi connectivity index (χ0) is 23.3. The first-order chi connectivity index (χ1) is 15.1. The zero-order valence-electron chi connectivity index (χ0n) is 17.7. The number of aromatic nitrogens is 3. The Balaban J connectivity index is 1.98. The van der Waals surface area contributed by atoms with Crippen LogP contribution in [0.5, 0.6) is 0 Å². The van der Waals surface area contributed by atoms with Gasteiger partial charge in [-0.15, -0.1) is 0 Å². The molecule has 3 heterocycles. The summed E-state index contributed by atoms with van der Waals surface area (Å²) in [5.74, 6) is -1.45. The smallest absolute Gasteiger partial charge is 0.341 e. The highest BCUT2D eigenvalue weighted by atomic mass is 19.3. The summed E-state index contributed by atoms with van der Waals surface area (Å²) in [5.41, 5.74) is 2.27. The van der Waals surface area contributed by atoms with E-state index < -0.39 is 17.9 Å². The maximum atomic E-state index is 13.0. The second-order valence-electron chi connectivity index (χ2n) is 8.26. The molecule has 166 valence electrons. The van der Waals surface area contributed by atoms with Crippen LogP contribution in [-0.2, 0) is 6.42 Å². The number of nitrogens with zero attached hydrogens (tertiary/aromatic N) is 3. The molecule has 3 aromatic rings. The number of carboxylic acids is 1. The molecular weight excluding hydrogens is 420 g/mol. The molecule has 9 heteroatoms. The predicted molar refractivity (Wildman–Crippen MR) is 113 cm³/mol. The third-order valence-electron chi connectivity index (χ3n) is 5.88. The van der Waals surface area contributed by atoms with E-state index >= 15 is 0 Å². The Morgan fingerprint density at radius 1 is 1.12 bits per heavy atom. The highest BCUT2D eigenvalue weighted by molar-refractivity contribution is 6.02. The molecule has 1 aliphatic heterocycles. The van der Waals surface area contributed by atoms with Crippen molar-refractivity contribution in [2.24, 2.45) is 5.92 Å². The van der Waals surface area contributed by atoms with Crippen LogP contribution in [0.4, 0.5) is 8.78 Å². The number of rotatable bonds is 5. The summed E-state index contributed by atoms with van der Waals surface area (Å²) in [6.07, 6.45) is 4.37. The fourth-order valence-electron chi connectivity index (χ4n) is 4.25. The predicted octanol–water partition coefficient (Wildman–Crippen LogP) is 4.43. The van der Waals surface area contributed by atoms with Crippen molar-refractivity contribution in [1.29, 1.82) is 0 Å². The van der Waals surface area contributed by atoms with Crippen LogP contribution >= 0.6 is 0 Å². The lowest BCUT2D eigenvalue weighted by molar-refractivity contribution is 0.0566. The molecule has 1 unspecified atom stereocenters. The van der Waals surface area contributed by atoms with Crippen LogP contribution in [-0.4, -0.2) is 31.2 Å². The third kappa shape index (κ3) is 3.53. The first kappa shape index (κ1) is 21.6. The number of carbonyl (C=O) groups is 2. The zero-order valence-corrected chi connectivity index (χ0v) is 17.7. The van der Waals surface area contributed by atoms with Gasteiger partial charge < -0.3 is 9.67 Å². The van der Waals surface area contributed by atoms with E-state index in [9.17, 15) is 28.3 Å². The minimum atomic E-state index is -2.80. The molecule has 0 fully saturated rings. The van der Waals surface area contributed by atoms with Crippen molar-refractivity contribution in [3.8, 4) is 22.4 Å². The second kappa shape index (κ2) is 7.81. The monoisotopic (exact) mass is 441 g/mol. The number of alkyl halides is 2. The molecule has 1 aromatic carbocycles. The minimum absolute atomic E-state index is 0.114. The van der Waals surface area contributed by atoms with E-state index in [2.05, 4.69) is 5.10 Å². The van der Waals surface area contributed by atoms with E-state index in [1.54, 1.807) is 16.7 Å². The van der Waals surface area contributed by atoms with Crippen LogP contribution < -0.4 is 5.43 Å². The van der Waals surface area contributed by atoms with Gasteiger partial charge in [-0.05, 0) is 42.5 Å². The lowest BCUT2D eigenvalue weighted by Crippen LogP contribution is -2.28. The number of carbonyl (C=O) groups excluding carboxylic acids is 1. The Morgan fingerprint density at radius 3 is 2.41 bits per heavy atom. The van der Waals surface area contributed by atoms with Crippen LogP contribution in [0.15, 0.2) is 41.6 Å². The quantitative estimate of drug-likeness (QED) is 0.591. The number of carboxylic acid groups (broad SMARTS) is 1. The number of fused-ring (bicyclic) bond motifs is 3. The number of pyridine rings is 1. The lowest BCUT2D eigenvalue weighted by atomic mass is 9.83. The fraction of sp³-hybridized carbons (Fsp3) is 0.304. The van der Waals surface area contributed by atoms with Crippen LogP contribution in [0.3, 0.4) is 0 Å². The van der Waals surface area contributed by atoms with Gasteiger partial charge in [0.25, 0.3) is 0 Å².